The van der Waals surface area contributed by atoms with Crippen LogP contribution in [0.25, 0.3) is 4.96 Å². The molecule has 0 saturated heterocycles. The molecule has 0 atom stereocenters. The number of para-hydroxylation sites is 1. The zero-order valence-electron chi connectivity index (χ0n) is 12.2. The average Bonchev–Trinajstić information content (AvgIpc) is 3.05. The van der Waals surface area contributed by atoms with Gasteiger partial charge in [-0.25, -0.2) is 4.52 Å². The van der Waals surface area contributed by atoms with E-state index in [0.29, 0.717) is 16.2 Å². The van der Waals surface area contributed by atoms with Gasteiger partial charge in [0.1, 0.15) is 0 Å². The van der Waals surface area contributed by atoms with E-state index in [0.717, 1.165) is 11.3 Å². The number of nitrogens with one attached hydrogen (secondary N) is 1. The van der Waals surface area contributed by atoms with Crippen molar-refractivity contribution in [1.29, 1.82) is 0 Å². The van der Waals surface area contributed by atoms with Crippen molar-refractivity contribution in [2.24, 2.45) is 0 Å². The molecule has 0 aliphatic carbocycles. The fraction of sp³-hybridized carbons (Fsp3) is 0.154. The van der Waals surface area contributed by atoms with E-state index >= 15 is 0 Å². The highest BCUT2D eigenvalue weighted by Crippen LogP contribution is 2.27. The summed E-state index contributed by atoms with van der Waals surface area (Å²) in [6.07, 6.45) is -0.278. The Kier molecular flexibility index (Phi) is 4.20. The van der Waals surface area contributed by atoms with Crippen molar-refractivity contribution in [3.05, 3.63) is 39.9 Å². The van der Waals surface area contributed by atoms with Gasteiger partial charge in [-0.1, -0.05) is 23.7 Å². The molecule has 0 radical (unpaired) electrons. The van der Waals surface area contributed by atoms with Gasteiger partial charge in [0.2, 0.25) is 4.96 Å². The second kappa shape index (κ2) is 6.04. The Hall–Kier alpha value is -2.17. The summed E-state index contributed by atoms with van der Waals surface area (Å²) in [4.78, 5) is 15.1. The van der Waals surface area contributed by atoms with E-state index in [2.05, 4.69) is 14.8 Å². The largest absolute Gasteiger partial charge is 0.481 e. The number of sulfonamides is 1. The van der Waals surface area contributed by atoms with E-state index in [1.807, 2.05) is 0 Å². The fourth-order valence-corrected chi connectivity index (χ4v) is 4.27. The number of carbonyl (C=O) groups is 1. The summed E-state index contributed by atoms with van der Waals surface area (Å²) in [5, 5.41) is 14.2. The average molecular weight is 387 g/mol. The quantitative estimate of drug-likeness (QED) is 0.694. The monoisotopic (exact) mass is 386 g/mol. The van der Waals surface area contributed by atoms with Crippen LogP contribution in [0.2, 0.25) is 5.02 Å². The number of carboxylic acid groups (broad SMARTS) is 1. The van der Waals surface area contributed by atoms with Crippen LogP contribution in [0.4, 0.5) is 5.69 Å². The molecule has 0 saturated carbocycles. The van der Waals surface area contributed by atoms with Crippen LogP contribution in [0.1, 0.15) is 11.3 Å². The summed E-state index contributed by atoms with van der Waals surface area (Å²) in [6, 6.07) is 4.99. The number of aromatic nitrogens is 3. The van der Waals surface area contributed by atoms with E-state index in [4.69, 9.17) is 16.7 Å². The summed E-state index contributed by atoms with van der Waals surface area (Å²) in [7, 11) is -4.05. The molecule has 24 heavy (non-hydrogen) atoms. The molecule has 8 nitrogen and oxygen atoms in total. The predicted molar refractivity (Wildman–Crippen MR) is 89.2 cm³/mol. The van der Waals surface area contributed by atoms with E-state index in [9.17, 15) is 13.2 Å². The predicted octanol–water partition coefficient (Wildman–Crippen LogP) is 2.18. The van der Waals surface area contributed by atoms with E-state index < -0.39 is 21.1 Å². The molecule has 11 heteroatoms. The summed E-state index contributed by atoms with van der Waals surface area (Å²) < 4.78 is 28.6. The van der Waals surface area contributed by atoms with Crippen LogP contribution in [0.3, 0.4) is 0 Å². The van der Waals surface area contributed by atoms with Gasteiger partial charge in [-0.05, 0) is 18.6 Å². The fourth-order valence-electron chi connectivity index (χ4n) is 2.04. The van der Waals surface area contributed by atoms with Crippen molar-refractivity contribution >= 4 is 49.6 Å². The van der Waals surface area contributed by atoms with Crippen LogP contribution < -0.4 is 4.72 Å². The summed E-state index contributed by atoms with van der Waals surface area (Å²) >= 11 is 7.14. The molecule has 2 aromatic heterocycles. The van der Waals surface area contributed by atoms with Gasteiger partial charge in [0.05, 0.1) is 22.8 Å². The van der Waals surface area contributed by atoms with Gasteiger partial charge < -0.3 is 5.11 Å². The molecule has 0 aliphatic heterocycles. The highest BCUT2D eigenvalue weighted by molar-refractivity contribution is 7.92. The van der Waals surface area contributed by atoms with E-state index in [1.54, 1.807) is 30.5 Å². The lowest BCUT2D eigenvalue weighted by Gasteiger charge is -2.09. The van der Waals surface area contributed by atoms with Gasteiger partial charge in [-0.3, -0.25) is 9.52 Å². The molecule has 3 rings (SSSR count). The number of benzene rings is 1. The minimum Gasteiger partial charge on any atom is -0.481 e. The summed E-state index contributed by atoms with van der Waals surface area (Å²) in [6.45, 7) is 1.72. The molecule has 2 heterocycles. The maximum atomic E-state index is 12.5. The summed E-state index contributed by atoms with van der Waals surface area (Å²) in [5.41, 5.74) is 1.26. The highest BCUT2D eigenvalue weighted by Gasteiger charge is 2.24. The van der Waals surface area contributed by atoms with Crippen molar-refractivity contribution in [2.45, 2.75) is 18.5 Å². The van der Waals surface area contributed by atoms with Crippen LogP contribution >= 0.6 is 22.9 Å². The lowest BCUT2D eigenvalue weighted by atomic mass is 10.2. The first-order valence-electron chi connectivity index (χ1n) is 6.61. The first kappa shape index (κ1) is 16.7. The van der Waals surface area contributed by atoms with Crippen LogP contribution in [-0.4, -0.2) is 34.1 Å². The third kappa shape index (κ3) is 3.07. The van der Waals surface area contributed by atoms with Crippen molar-refractivity contribution in [2.75, 3.05) is 4.72 Å². The Morgan fingerprint density at radius 1 is 1.46 bits per heavy atom. The van der Waals surface area contributed by atoms with Crippen LogP contribution in [0.15, 0.2) is 28.7 Å². The SMILES string of the molecule is Cc1cccc(Cl)c1NS(=O)(=O)c1nc2scc(CC(=O)O)n2n1. The van der Waals surface area contributed by atoms with Crippen molar-refractivity contribution in [3.8, 4) is 0 Å². The normalized spacial score (nSPS) is 11.8. The minimum atomic E-state index is -4.05. The lowest BCUT2D eigenvalue weighted by molar-refractivity contribution is -0.136. The number of aliphatic carboxylic acids is 1. The third-order valence-corrected chi connectivity index (χ3v) is 5.47. The number of hydrogen-bond donors (Lipinski definition) is 2. The maximum Gasteiger partial charge on any atom is 0.309 e. The number of nitrogens with zero attached hydrogens (tertiary/aromatic N) is 3. The van der Waals surface area contributed by atoms with Crippen LogP contribution in [-0.2, 0) is 21.2 Å². The number of fused-ring (bicyclic) bond motifs is 1. The van der Waals surface area contributed by atoms with Crippen LogP contribution in [0.5, 0.6) is 0 Å². The first-order chi connectivity index (χ1) is 11.3. The second-order valence-electron chi connectivity index (χ2n) is 4.92. The number of aryl methyl sites for hydroxylation is 1. The Balaban J connectivity index is 1.99. The van der Waals surface area contributed by atoms with Crippen LogP contribution in [0, 0.1) is 6.92 Å². The molecule has 126 valence electrons. The van der Waals surface area contributed by atoms with Gasteiger partial charge in [-0.15, -0.1) is 16.4 Å². The molecule has 3 aromatic rings. The molecule has 0 aliphatic rings. The number of anilines is 1. The molecule has 2 N–H and O–H groups in total. The van der Waals surface area contributed by atoms with Crippen molar-refractivity contribution in [1.82, 2.24) is 14.6 Å². The minimum absolute atomic E-state index is 0.253. The smallest absolute Gasteiger partial charge is 0.309 e. The molecule has 0 unspecified atom stereocenters. The number of thiazole rings is 1. The molecule has 1 aromatic carbocycles. The lowest BCUT2D eigenvalue weighted by Crippen LogP contribution is -2.16. The number of carboxylic acids is 1. The van der Waals surface area contributed by atoms with E-state index in [-0.39, 0.29) is 17.1 Å². The van der Waals surface area contributed by atoms with Gasteiger partial charge >= 0.3 is 5.97 Å². The topological polar surface area (TPSA) is 114 Å². The van der Waals surface area contributed by atoms with E-state index in [1.165, 1.54) is 4.52 Å². The van der Waals surface area contributed by atoms with Crippen molar-refractivity contribution in [3.63, 3.8) is 0 Å². The van der Waals surface area contributed by atoms with Gasteiger partial charge in [0.15, 0.2) is 0 Å². The highest BCUT2D eigenvalue weighted by atomic mass is 35.5. The first-order valence-corrected chi connectivity index (χ1v) is 9.35. The molecular weight excluding hydrogens is 376 g/mol. The molecule has 0 amide bonds. The zero-order valence-corrected chi connectivity index (χ0v) is 14.6. The molecular formula is C13H11ClN4O4S2. The van der Waals surface area contributed by atoms with Crippen molar-refractivity contribution < 1.29 is 18.3 Å². The Labute approximate surface area is 145 Å². The molecule has 0 fully saturated rings. The Bertz CT molecular complexity index is 1020. The Morgan fingerprint density at radius 2 is 2.21 bits per heavy atom. The summed E-state index contributed by atoms with van der Waals surface area (Å²) in [5.74, 6) is -1.04. The maximum absolute atomic E-state index is 12.5. The number of halogens is 1. The standard InChI is InChI=1S/C13H11ClN4O4S2/c1-7-3-2-4-9(14)11(7)17-24(21,22)12-15-13-18(16-12)8(6-23-13)5-10(19)20/h2-4,6,17H,5H2,1H3,(H,19,20). The van der Waals surface area contributed by atoms with Gasteiger partial charge in [0, 0.05) is 5.38 Å². The van der Waals surface area contributed by atoms with Gasteiger partial charge in [0.25, 0.3) is 15.2 Å². The molecule has 0 spiro atoms. The number of rotatable bonds is 5. The zero-order chi connectivity index (χ0) is 17.5. The second-order valence-corrected chi connectivity index (χ2v) is 7.74. The molecule has 0 bridgehead atoms. The van der Waals surface area contributed by atoms with Gasteiger partial charge in [-0.2, -0.15) is 13.4 Å². The third-order valence-electron chi connectivity index (χ3n) is 3.16. The Morgan fingerprint density at radius 3 is 2.88 bits per heavy atom. The number of hydrogen-bond acceptors (Lipinski definition) is 6.